The van der Waals surface area contributed by atoms with Gasteiger partial charge in [-0.25, -0.2) is 0 Å². The molecular formula is C19H23N3. The van der Waals surface area contributed by atoms with Crippen molar-refractivity contribution in [2.75, 3.05) is 26.2 Å². The van der Waals surface area contributed by atoms with Crippen molar-refractivity contribution >= 4 is 6.21 Å². The van der Waals surface area contributed by atoms with Gasteiger partial charge in [0.1, 0.15) is 0 Å². The highest BCUT2D eigenvalue weighted by Crippen LogP contribution is 2.09. The van der Waals surface area contributed by atoms with E-state index >= 15 is 0 Å². The predicted molar refractivity (Wildman–Crippen MR) is 92.1 cm³/mol. The molecule has 2 aromatic rings. The second kappa shape index (κ2) is 7.23. The van der Waals surface area contributed by atoms with Crippen LogP contribution in [0.2, 0.25) is 0 Å². The minimum absolute atomic E-state index is 0.995. The Labute approximate surface area is 132 Å². The number of rotatable bonds is 4. The second-order valence-corrected chi connectivity index (χ2v) is 5.87. The van der Waals surface area contributed by atoms with E-state index in [-0.39, 0.29) is 0 Å². The Morgan fingerprint density at radius 1 is 0.955 bits per heavy atom. The first-order chi connectivity index (χ1) is 10.8. The lowest BCUT2D eigenvalue weighted by molar-refractivity contribution is 0.131. The number of hydrogen-bond donors (Lipinski definition) is 0. The van der Waals surface area contributed by atoms with Crippen LogP contribution in [-0.4, -0.2) is 42.3 Å². The highest BCUT2D eigenvalue weighted by atomic mass is 15.5. The van der Waals surface area contributed by atoms with E-state index in [2.05, 4.69) is 76.5 Å². The molecule has 1 heterocycles. The zero-order chi connectivity index (χ0) is 15.2. The van der Waals surface area contributed by atoms with Crippen molar-refractivity contribution in [3.8, 4) is 0 Å². The van der Waals surface area contributed by atoms with Crippen LogP contribution in [0.15, 0.2) is 59.7 Å². The maximum absolute atomic E-state index is 4.62. The summed E-state index contributed by atoms with van der Waals surface area (Å²) in [6, 6.07) is 19.1. The van der Waals surface area contributed by atoms with Gasteiger partial charge in [0.2, 0.25) is 0 Å². The van der Waals surface area contributed by atoms with E-state index in [1.165, 1.54) is 16.7 Å². The Morgan fingerprint density at radius 2 is 1.73 bits per heavy atom. The molecule has 0 aliphatic carbocycles. The standard InChI is InChI=1S/C19H23N3/c1-17-6-5-9-19(14-17)15-20-22-12-10-21(11-13-22)16-18-7-3-2-4-8-18/h2-9,14-15H,10-13,16H2,1H3. The van der Waals surface area contributed by atoms with Crippen LogP contribution in [0.1, 0.15) is 16.7 Å². The Balaban J connectivity index is 1.49. The summed E-state index contributed by atoms with van der Waals surface area (Å²) >= 11 is 0. The van der Waals surface area contributed by atoms with Gasteiger partial charge in [0, 0.05) is 32.7 Å². The highest BCUT2D eigenvalue weighted by Gasteiger charge is 2.15. The second-order valence-electron chi connectivity index (χ2n) is 5.87. The van der Waals surface area contributed by atoms with E-state index in [9.17, 15) is 0 Å². The van der Waals surface area contributed by atoms with Gasteiger partial charge in [-0.05, 0) is 18.1 Å². The third kappa shape index (κ3) is 4.18. The molecule has 2 aromatic carbocycles. The van der Waals surface area contributed by atoms with Crippen molar-refractivity contribution in [1.29, 1.82) is 0 Å². The number of piperazine rings is 1. The molecule has 114 valence electrons. The quantitative estimate of drug-likeness (QED) is 0.807. The molecule has 0 radical (unpaired) electrons. The first kappa shape index (κ1) is 14.8. The van der Waals surface area contributed by atoms with Gasteiger partial charge in [-0.1, -0.05) is 60.2 Å². The van der Waals surface area contributed by atoms with Gasteiger partial charge in [-0.15, -0.1) is 0 Å². The summed E-state index contributed by atoms with van der Waals surface area (Å²) in [4.78, 5) is 2.49. The molecule has 22 heavy (non-hydrogen) atoms. The largest absolute Gasteiger partial charge is 0.295 e. The van der Waals surface area contributed by atoms with Crippen LogP contribution in [0.25, 0.3) is 0 Å². The van der Waals surface area contributed by atoms with Crippen molar-refractivity contribution in [3.05, 3.63) is 71.3 Å². The molecule has 3 nitrogen and oxygen atoms in total. The molecule has 0 spiro atoms. The van der Waals surface area contributed by atoms with Crippen LogP contribution in [-0.2, 0) is 6.54 Å². The highest BCUT2D eigenvalue weighted by molar-refractivity contribution is 5.79. The van der Waals surface area contributed by atoms with Crippen molar-refractivity contribution in [2.45, 2.75) is 13.5 Å². The fraction of sp³-hybridized carbons (Fsp3) is 0.316. The van der Waals surface area contributed by atoms with Crippen LogP contribution in [0.3, 0.4) is 0 Å². The van der Waals surface area contributed by atoms with E-state index < -0.39 is 0 Å². The molecule has 0 saturated carbocycles. The molecule has 3 heteroatoms. The number of hydrazone groups is 1. The van der Waals surface area contributed by atoms with E-state index in [1.807, 2.05) is 6.21 Å². The Hall–Kier alpha value is -2.13. The Kier molecular flexibility index (Phi) is 4.86. The normalized spacial score (nSPS) is 16.3. The maximum Gasteiger partial charge on any atom is 0.0543 e. The third-order valence-electron chi connectivity index (χ3n) is 4.01. The summed E-state index contributed by atoms with van der Waals surface area (Å²) in [5.74, 6) is 0. The fourth-order valence-electron chi connectivity index (χ4n) is 2.75. The molecule has 1 aliphatic heterocycles. The summed E-state index contributed by atoms with van der Waals surface area (Å²) in [5.41, 5.74) is 3.84. The van der Waals surface area contributed by atoms with E-state index in [4.69, 9.17) is 0 Å². The van der Waals surface area contributed by atoms with Crippen LogP contribution < -0.4 is 0 Å². The van der Waals surface area contributed by atoms with E-state index in [1.54, 1.807) is 0 Å². The molecule has 3 rings (SSSR count). The number of nitrogens with zero attached hydrogens (tertiary/aromatic N) is 3. The minimum atomic E-state index is 0.995. The average molecular weight is 293 g/mol. The molecule has 0 amide bonds. The molecule has 0 N–H and O–H groups in total. The topological polar surface area (TPSA) is 18.8 Å². The van der Waals surface area contributed by atoms with Gasteiger partial charge in [-0.2, -0.15) is 5.10 Å². The van der Waals surface area contributed by atoms with Crippen molar-refractivity contribution < 1.29 is 0 Å². The first-order valence-electron chi connectivity index (χ1n) is 7.91. The van der Waals surface area contributed by atoms with Crippen molar-refractivity contribution in [2.24, 2.45) is 5.10 Å². The van der Waals surface area contributed by atoms with Crippen LogP contribution in [0, 0.1) is 6.92 Å². The van der Waals surface area contributed by atoms with Crippen LogP contribution in [0.5, 0.6) is 0 Å². The minimum Gasteiger partial charge on any atom is -0.295 e. The maximum atomic E-state index is 4.62. The summed E-state index contributed by atoms with van der Waals surface area (Å²) in [5, 5.41) is 6.79. The molecule has 1 saturated heterocycles. The average Bonchev–Trinajstić information content (AvgIpc) is 2.55. The summed E-state index contributed by atoms with van der Waals surface area (Å²) in [7, 11) is 0. The van der Waals surface area contributed by atoms with Crippen LogP contribution in [0.4, 0.5) is 0 Å². The van der Waals surface area contributed by atoms with Gasteiger partial charge in [0.15, 0.2) is 0 Å². The molecular weight excluding hydrogens is 270 g/mol. The third-order valence-corrected chi connectivity index (χ3v) is 4.01. The van der Waals surface area contributed by atoms with Crippen LogP contribution >= 0.6 is 0 Å². The summed E-state index contributed by atoms with van der Waals surface area (Å²) < 4.78 is 0. The van der Waals surface area contributed by atoms with Crippen molar-refractivity contribution in [3.63, 3.8) is 0 Å². The monoisotopic (exact) mass is 293 g/mol. The molecule has 1 fully saturated rings. The lowest BCUT2D eigenvalue weighted by Gasteiger charge is -2.33. The zero-order valence-corrected chi connectivity index (χ0v) is 13.2. The molecule has 0 bridgehead atoms. The first-order valence-corrected chi connectivity index (χ1v) is 7.91. The molecule has 1 aliphatic rings. The summed E-state index contributed by atoms with van der Waals surface area (Å²) in [6.45, 7) is 7.28. The van der Waals surface area contributed by atoms with Gasteiger partial charge >= 0.3 is 0 Å². The molecule has 0 unspecified atom stereocenters. The lowest BCUT2D eigenvalue weighted by atomic mass is 10.2. The van der Waals surface area contributed by atoms with Gasteiger partial charge in [0.05, 0.1) is 6.21 Å². The lowest BCUT2D eigenvalue weighted by Crippen LogP contribution is -2.43. The van der Waals surface area contributed by atoms with Gasteiger partial charge < -0.3 is 0 Å². The Bertz CT molecular complexity index is 614. The van der Waals surface area contributed by atoms with E-state index in [0.29, 0.717) is 0 Å². The smallest absolute Gasteiger partial charge is 0.0543 e. The number of aryl methyl sites for hydroxylation is 1. The SMILES string of the molecule is Cc1cccc(C=NN2CCN(Cc3ccccc3)CC2)c1. The Morgan fingerprint density at radius 3 is 2.45 bits per heavy atom. The molecule has 0 aromatic heterocycles. The van der Waals surface area contributed by atoms with Gasteiger partial charge in [0.25, 0.3) is 0 Å². The fourth-order valence-corrected chi connectivity index (χ4v) is 2.75. The molecule has 0 atom stereocenters. The number of benzene rings is 2. The summed E-state index contributed by atoms with van der Waals surface area (Å²) in [6.07, 6.45) is 1.97. The number of hydrogen-bond acceptors (Lipinski definition) is 3. The zero-order valence-electron chi connectivity index (χ0n) is 13.2. The van der Waals surface area contributed by atoms with Gasteiger partial charge in [-0.3, -0.25) is 9.91 Å². The van der Waals surface area contributed by atoms with Crippen molar-refractivity contribution in [1.82, 2.24) is 9.91 Å². The van der Waals surface area contributed by atoms with E-state index in [0.717, 1.165) is 32.7 Å². The predicted octanol–water partition coefficient (Wildman–Crippen LogP) is 3.15.